The molecular weight excluding hydrogens is 428 g/mol. The monoisotopic (exact) mass is 450 g/mol. The number of benzene rings is 1. The molecule has 0 aliphatic rings. The summed E-state index contributed by atoms with van der Waals surface area (Å²) in [5.74, 6) is 0.633. The zero-order valence-corrected chi connectivity index (χ0v) is 18.1. The molecule has 0 spiro atoms. The molecule has 1 amide bonds. The zero-order valence-electron chi connectivity index (χ0n) is 16.5. The first kappa shape index (κ1) is 22.1. The first-order valence-electron chi connectivity index (χ1n) is 9.13. The Kier molecular flexibility index (Phi) is 7.32. The van der Waals surface area contributed by atoms with Crippen LogP contribution in [0.5, 0.6) is 0 Å². The minimum absolute atomic E-state index is 0.107. The van der Waals surface area contributed by atoms with E-state index in [0.717, 1.165) is 5.56 Å². The van der Waals surface area contributed by atoms with Gasteiger partial charge in [-0.2, -0.15) is 16.3 Å². The molecule has 3 aromatic rings. The number of aromatic nitrogens is 2. The quantitative estimate of drug-likeness (QED) is 0.487. The molecule has 0 bridgehead atoms. The van der Waals surface area contributed by atoms with Crippen molar-refractivity contribution in [1.29, 1.82) is 0 Å². The number of aryl methyl sites for hydroxylation is 1. The van der Waals surface area contributed by atoms with Crippen LogP contribution in [0.15, 0.2) is 50.5 Å². The van der Waals surface area contributed by atoms with Crippen molar-refractivity contribution < 1.29 is 22.5 Å². The summed E-state index contributed by atoms with van der Waals surface area (Å²) in [4.78, 5) is 16.6. The number of rotatable bonds is 10. The van der Waals surface area contributed by atoms with Crippen LogP contribution in [0.25, 0.3) is 11.4 Å². The van der Waals surface area contributed by atoms with Crippen molar-refractivity contribution in [3.8, 4) is 11.4 Å². The SMILES string of the molecule is COCC(C)NS(=O)(=O)c1ccc(NC(=O)CCc2nc(-c3ccsc3)no2)cc1. The van der Waals surface area contributed by atoms with E-state index in [1.165, 1.54) is 42.7 Å². The third-order valence-corrected chi connectivity index (χ3v) is 6.32. The largest absolute Gasteiger partial charge is 0.383 e. The van der Waals surface area contributed by atoms with Crippen molar-refractivity contribution in [3.63, 3.8) is 0 Å². The second-order valence-electron chi connectivity index (χ2n) is 6.57. The maximum absolute atomic E-state index is 12.3. The number of nitrogens with one attached hydrogen (secondary N) is 2. The first-order valence-corrected chi connectivity index (χ1v) is 11.6. The van der Waals surface area contributed by atoms with Crippen LogP contribution in [0, 0.1) is 0 Å². The van der Waals surface area contributed by atoms with Gasteiger partial charge in [-0.3, -0.25) is 4.79 Å². The van der Waals surface area contributed by atoms with Gasteiger partial charge in [0.15, 0.2) is 0 Å². The maximum atomic E-state index is 12.3. The number of carbonyl (C=O) groups is 1. The van der Waals surface area contributed by atoms with Crippen molar-refractivity contribution in [3.05, 3.63) is 47.0 Å². The zero-order chi connectivity index (χ0) is 21.6. The average Bonchev–Trinajstić information content (AvgIpc) is 3.38. The Morgan fingerprint density at radius 2 is 2.03 bits per heavy atom. The van der Waals surface area contributed by atoms with Gasteiger partial charge < -0.3 is 14.6 Å². The average molecular weight is 451 g/mol. The number of methoxy groups -OCH3 is 1. The maximum Gasteiger partial charge on any atom is 0.240 e. The number of amides is 1. The lowest BCUT2D eigenvalue weighted by molar-refractivity contribution is -0.116. The van der Waals surface area contributed by atoms with Crippen molar-refractivity contribution >= 4 is 33.0 Å². The molecule has 160 valence electrons. The van der Waals surface area contributed by atoms with Gasteiger partial charge in [-0.25, -0.2) is 13.1 Å². The Morgan fingerprint density at radius 3 is 2.70 bits per heavy atom. The number of hydrogen-bond acceptors (Lipinski definition) is 8. The molecule has 9 nitrogen and oxygen atoms in total. The smallest absolute Gasteiger partial charge is 0.240 e. The van der Waals surface area contributed by atoms with Gasteiger partial charge in [0.05, 0.1) is 11.5 Å². The van der Waals surface area contributed by atoms with Gasteiger partial charge in [0.2, 0.25) is 27.6 Å². The standard InChI is InChI=1S/C19H22N4O5S2/c1-13(11-27-2)23-30(25,26)16-5-3-15(4-6-16)20-17(24)7-8-18-21-19(22-28-18)14-9-10-29-12-14/h3-6,9-10,12-13,23H,7-8,11H2,1-2H3,(H,20,24). The number of ether oxygens (including phenoxy) is 1. The second kappa shape index (κ2) is 9.94. The number of anilines is 1. The van der Waals surface area contributed by atoms with Crippen LogP contribution in [-0.2, 0) is 26.0 Å². The summed E-state index contributed by atoms with van der Waals surface area (Å²) in [6, 6.07) is 7.47. The molecule has 0 saturated heterocycles. The summed E-state index contributed by atoms with van der Waals surface area (Å²) in [5.41, 5.74) is 1.37. The van der Waals surface area contributed by atoms with Crippen LogP contribution in [0.3, 0.4) is 0 Å². The predicted octanol–water partition coefficient (Wildman–Crippen LogP) is 2.68. The van der Waals surface area contributed by atoms with Gasteiger partial charge in [0, 0.05) is 42.6 Å². The summed E-state index contributed by atoms with van der Waals surface area (Å²) in [6.45, 7) is 1.98. The highest BCUT2D eigenvalue weighted by atomic mass is 32.2. The number of thiophene rings is 1. The van der Waals surface area contributed by atoms with Gasteiger partial charge >= 0.3 is 0 Å². The molecule has 2 N–H and O–H groups in total. The molecule has 1 unspecified atom stereocenters. The minimum atomic E-state index is -3.66. The van der Waals surface area contributed by atoms with E-state index < -0.39 is 10.0 Å². The molecule has 0 radical (unpaired) electrons. The van der Waals surface area contributed by atoms with Gasteiger partial charge in [0.25, 0.3) is 0 Å². The van der Waals surface area contributed by atoms with E-state index in [0.29, 0.717) is 23.8 Å². The van der Waals surface area contributed by atoms with Crippen LogP contribution < -0.4 is 10.0 Å². The Labute approximate surface area is 178 Å². The molecule has 3 rings (SSSR count). The number of hydrogen-bond donors (Lipinski definition) is 2. The van der Waals surface area contributed by atoms with Crippen LogP contribution in [0.1, 0.15) is 19.2 Å². The highest BCUT2D eigenvalue weighted by Gasteiger charge is 2.17. The molecule has 0 saturated carbocycles. The topological polar surface area (TPSA) is 123 Å². The molecule has 0 aliphatic heterocycles. The van der Waals surface area contributed by atoms with E-state index in [1.54, 1.807) is 6.92 Å². The third kappa shape index (κ3) is 5.95. The van der Waals surface area contributed by atoms with Crippen molar-refractivity contribution in [2.24, 2.45) is 0 Å². The fraction of sp³-hybridized carbons (Fsp3) is 0.316. The first-order chi connectivity index (χ1) is 14.4. The van der Waals surface area contributed by atoms with E-state index in [2.05, 4.69) is 20.2 Å². The van der Waals surface area contributed by atoms with Crippen molar-refractivity contribution in [1.82, 2.24) is 14.9 Å². The molecule has 0 aliphatic carbocycles. The lowest BCUT2D eigenvalue weighted by Gasteiger charge is -2.13. The van der Waals surface area contributed by atoms with E-state index in [1.807, 2.05) is 16.8 Å². The normalized spacial score (nSPS) is 12.6. The summed E-state index contributed by atoms with van der Waals surface area (Å²) in [7, 11) is -2.16. The molecule has 1 aromatic carbocycles. The van der Waals surface area contributed by atoms with Gasteiger partial charge in [-0.05, 0) is 42.6 Å². The van der Waals surface area contributed by atoms with Crippen molar-refractivity contribution in [2.75, 3.05) is 19.0 Å². The number of carbonyl (C=O) groups excluding carboxylic acids is 1. The fourth-order valence-electron chi connectivity index (χ4n) is 2.64. The lowest BCUT2D eigenvalue weighted by Crippen LogP contribution is -2.35. The van der Waals surface area contributed by atoms with E-state index in [-0.39, 0.29) is 29.9 Å². The molecule has 2 heterocycles. The van der Waals surface area contributed by atoms with Crippen LogP contribution in [0.4, 0.5) is 5.69 Å². The van der Waals surface area contributed by atoms with Crippen LogP contribution in [-0.4, -0.2) is 44.2 Å². The van der Waals surface area contributed by atoms with E-state index in [4.69, 9.17) is 9.26 Å². The highest BCUT2D eigenvalue weighted by molar-refractivity contribution is 7.89. The lowest BCUT2D eigenvalue weighted by atomic mass is 10.2. The van der Waals surface area contributed by atoms with E-state index >= 15 is 0 Å². The summed E-state index contributed by atoms with van der Waals surface area (Å²) >= 11 is 1.54. The van der Waals surface area contributed by atoms with Crippen LogP contribution >= 0.6 is 11.3 Å². The second-order valence-corrected chi connectivity index (χ2v) is 9.07. The van der Waals surface area contributed by atoms with E-state index in [9.17, 15) is 13.2 Å². The molecule has 1 atom stereocenters. The number of sulfonamides is 1. The Balaban J connectivity index is 1.52. The van der Waals surface area contributed by atoms with Gasteiger partial charge in [-0.1, -0.05) is 5.16 Å². The number of nitrogens with zero attached hydrogens (tertiary/aromatic N) is 2. The minimum Gasteiger partial charge on any atom is -0.383 e. The third-order valence-electron chi connectivity index (χ3n) is 4.03. The summed E-state index contributed by atoms with van der Waals surface area (Å²) < 4.78 is 37.3. The predicted molar refractivity (Wildman–Crippen MR) is 113 cm³/mol. The fourth-order valence-corrected chi connectivity index (χ4v) is 4.51. The van der Waals surface area contributed by atoms with Gasteiger partial charge in [-0.15, -0.1) is 0 Å². The molecular formula is C19H22N4O5S2. The Bertz CT molecular complexity index is 1060. The Hall–Kier alpha value is -2.60. The Morgan fingerprint density at radius 1 is 1.27 bits per heavy atom. The molecule has 11 heteroatoms. The van der Waals surface area contributed by atoms with Crippen LogP contribution in [0.2, 0.25) is 0 Å². The molecule has 2 aromatic heterocycles. The molecule has 0 fully saturated rings. The summed E-state index contributed by atoms with van der Waals surface area (Å²) in [5, 5.41) is 10.5. The summed E-state index contributed by atoms with van der Waals surface area (Å²) in [6.07, 6.45) is 0.456. The highest BCUT2D eigenvalue weighted by Crippen LogP contribution is 2.19. The van der Waals surface area contributed by atoms with Crippen molar-refractivity contribution in [2.45, 2.75) is 30.7 Å². The molecule has 30 heavy (non-hydrogen) atoms. The van der Waals surface area contributed by atoms with Gasteiger partial charge in [0.1, 0.15) is 0 Å².